The van der Waals surface area contributed by atoms with Gasteiger partial charge in [-0.25, -0.2) is 17.5 Å². The Kier molecular flexibility index (Phi) is 4.64. The van der Waals surface area contributed by atoms with E-state index in [2.05, 4.69) is 4.72 Å². The molecular formula is C11H14FNO2S. The van der Waals surface area contributed by atoms with Crippen LogP contribution in [0, 0.1) is 5.82 Å². The van der Waals surface area contributed by atoms with Crippen molar-refractivity contribution in [1.82, 2.24) is 4.72 Å². The largest absolute Gasteiger partial charge is 0.240 e. The van der Waals surface area contributed by atoms with Crippen molar-refractivity contribution in [3.8, 4) is 0 Å². The molecule has 0 saturated heterocycles. The van der Waals surface area contributed by atoms with E-state index < -0.39 is 15.8 Å². The van der Waals surface area contributed by atoms with Gasteiger partial charge in [0, 0.05) is 6.54 Å². The second-order valence-corrected chi connectivity index (χ2v) is 4.98. The van der Waals surface area contributed by atoms with Gasteiger partial charge < -0.3 is 0 Å². The molecule has 88 valence electrons. The Morgan fingerprint density at radius 3 is 2.81 bits per heavy atom. The molecule has 5 heteroatoms. The van der Waals surface area contributed by atoms with E-state index in [1.165, 1.54) is 18.2 Å². The highest BCUT2D eigenvalue weighted by Gasteiger charge is 2.12. The van der Waals surface area contributed by atoms with Crippen molar-refractivity contribution >= 4 is 10.0 Å². The van der Waals surface area contributed by atoms with Crippen LogP contribution in [0.5, 0.6) is 0 Å². The third-order valence-electron chi connectivity index (χ3n) is 1.95. The van der Waals surface area contributed by atoms with E-state index in [1.807, 2.05) is 19.1 Å². The quantitative estimate of drug-likeness (QED) is 0.635. The molecule has 1 aromatic carbocycles. The highest BCUT2D eigenvalue weighted by atomic mass is 32.2. The monoisotopic (exact) mass is 243 g/mol. The molecule has 1 aromatic rings. The Hall–Kier alpha value is -1.20. The smallest absolute Gasteiger partial charge is 0.211 e. The maximum absolute atomic E-state index is 12.8. The molecule has 1 N–H and O–H groups in total. The summed E-state index contributed by atoms with van der Waals surface area (Å²) in [4.78, 5) is -0.0482. The van der Waals surface area contributed by atoms with Crippen molar-refractivity contribution in [2.45, 2.75) is 18.2 Å². The number of nitrogens with one attached hydrogen (secondary N) is 1. The van der Waals surface area contributed by atoms with Gasteiger partial charge >= 0.3 is 0 Å². The number of hydrogen-bond acceptors (Lipinski definition) is 2. The van der Waals surface area contributed by atoms with Crippen LogP contribution in [0.4, 0.5) is 4.39 Å². The SMILES string of the molecule is C/C=C/CCNS(=O)(=O)c1cccc(F)c1. The normalized spacial score (nSPS) is 12.1. The van der Waals surface area contributed by atoms with Crippen molar-refractivity contribution in [1.29, 1.82) is 0 Å². The zero-order chi connectivity index (χ0) is 12.0. The fourth-order valence-electron chi connectivity index (χ4n) is 1.16. The predicted octanol–water partition coefficient (Wildman–Crippen LogP) is 2.07. The Morgan fingerprint density at radius 1 is 1.44 bits per heavy atom. The van der Waals surface area contributed by atoms with Crippen LogP contribution in [-0.2, 0) is 10.0 Å². The number of sulfonamides is 1. The van der Waals surface area contributed by atoms with Gasteiger partial charge in [0.05, 0.1) is 4.90 Å². The topological polar surface area (TPSA) is 46.2 Å². The molecule has 0 amide bonds. The predicted molar refractivity (Wildman–Crippen MR) is 61.0 cm³/mol. The minimum atomic E-state index is -3.59. The zero-order valence-electron chi connectivity index (χ0n) is 8.98. The van der Waals surface area contributed by atoms with Gasteiger partial charge in [0.15, 0.2) is 0 Å². The van der Waals surface area contributed by atoms with E-state index in [0.29, 0.717) is 13.0 Å². The molecule has 3 nitrogen and oxygen atoms in total. The fourth-order valence-corrected chi connectivity index (χ4v) is 2.24. The van der Waals surface area contributed by atoms with Crippen molar-refractivity contribution in [2.75, 3.05) is 6.54 Å². The van der Waals surface area contributed by atoms with Crippen LogP contribution in [0.15, 0.2) is 41.3 Å². The Balaban J connectivity index is 2.71. The molecule has 0 aromatic heterocycles. The van der Waals surface area contributed by atoms with Crippen LogP contribution >= 0.6 is 0 Å². The van der Waals surface area contributed by atoms with Crippen LogP contribution in [0.2, 0.25) is 0 Å². The summed E-state index contributed by atoms with van der Waals surface area (Å²) < 4.78 is 38.5. The second-order valence-electron chi connectivity index (χ2n) is 3.21. The van der Waals surface area contributed by atoms with Gasteiger partial charge in [0.25, 0.3) is 0 Å². The molecule has 1 rings (SSSR count). The molecule has 0 aliphatic heterocycles. The molecule has 0 aliphatic carbocycles. The minimum absolute atomic E-state index is 0.0482. The van der Waals surface area contributed by atoms with Gasteiger partial charge in [-0.3, -0.25) is 0 Å². The minimum Gasteiger partial charge on any atom is -0.211 e. The fraction of sp³-hybridized carbons (Fsp3) is 0.273. The number of benzene rings is 1. The summed E-state index contributed by atoms with van der Waals surface area (Å²) in [5, 5.41) is 0. The first-order chi connectivity index (χ1) is 7.56. The molecular weight excluding hydrogens is 229 g/mol. The van der Waals surface area contributed by atoms with Gasteiger partial charge in [0.2, 0.25) is 10.0 Å². The highest BCUT2D eigenvalue weighted by molar-refractivity contribution is 7.89. The van der Waals surface area contributed by atoms with Crippen LogP contribution in [0.3, 0.4) is 0 Å². The summed E-state index contributed by atoms with van der Waals surface area (Å²) in [5.41, 5.74) is 0. The van der Waals surface area contributed by atoms with Crippen LogP contribution in [0.25, 0.3) is 0 Å². The summed E-state index contributed by atoms with van der Waals surface area (Å²) >= 11 is 0. The third kappa shape index (κ3) is 3.75. The number of halogens is 1. The van der Waals surface area contributed by atoms with Gasteiger partial charge in [-0.15, -0.1) is 0 Å². The van der Waals surface area contributed by atoms with Crippen molar-refractivity contribution in [3.05, 3.63) is 42.2 Å². The lowest BCUT2D eigenvalue weighted by molar-refractivity contribution is 0.578. The first-order valence-corrected chi connectivity index (χ1v) is 6.41. The lowest BCUT2D eigenvalue weighted by atomic mass is 10.4. The van der Waals surface area contributed by atoms with Crippen LogP contribution < -0.4 is 4.72 Å². The number of allylic oxidation sites excluding steroid dienone is 1. The lowest BCUT2D eigenvalue weighted by Crippen LogP contribution is -2.24. The maximum Gasteiger partial charge on any atom is 0.240 e. The van der Waals surface area contributed by atoms with E-state index in [1.54, 1.807) is 0 Å². The van der Waals surface area contributed by atoms with Gasteiger partial charge in [-0.05, 0) is 31.5 Å². The average Bonchev–Trinajstić information content (AvgIpc) is 2.24. The van der Waals surface area contributed by atoms with E-state index in [4.69, 9.17) is 0 Å². The second kappa shape index (κ2) is 5.77. The summed E-state index contributed by atoms with van der Waals surface area (Å²) in [5.74, 6) is -0.559. The van der Waals surface area contributed by atoms with Gasteiger partial charge in [0.1, 0.15) is 5.82 Å². The number of rotatable bonds is 5. The molecule has 0 saturated carbocycles. The van der Waals surface area contributed by atoms with E-state index in [9.17, 15) is 12.8 Å². The van der Waals surface area contributed by atoms with Crippen LogP contribution in [-0.4, -0.2) is 15.0 Å². The van der Waals surface area contributed by atoms with Crippen molar-refractivity contribution in [2.24, 2.45) is 0 Å². The molecule has 0 heterocycles. The third-order valence-corrected chi connectivity index (χ3v) is 3.40. The Morgan fingerprint density at radius 2 is 2.19 bits per heavy atom. The molecule has 0 spiro atoms. The summed E-state index contributed by atoms with van der Waals surface area (Å²) in [6.07, 6.45) is 4.32. The standard InChI is InChI=1S/C11H14FNO2S/c1-2-3-4-8-13-16(14,15)11-7-5-6-10(12)9-11/h2-3,5-7,9,13H,4,8H2,1H3/b3-2+. The first-order valence-electron chi connectivity index (χ1n) is 4.92. The molecule has 0 unspecified atom stereocenters. The van der Waals surface area contributed by atoms with Gasteiger partial charge in [-0.1, -0.05) is 18.2 Å². The molecule has 0 bridgehead atoms. The van der Waals surface area contributed by atoms with E-state index >= 15 is 0 Å². The number of hydrogen-bond donors (Lipinski definition) is 1. The Bertz CT molecular complexity index is 469. The molecule has 16 heavy (non-hydrogen) atoms. The van der Waals surface area contributed by atoms with E-state index in [-0.39, 0.29) is 4.90 Å². The first kappa shape index (κ1) is 12.9. The molecule has 0 radical (unpaired) electrons. The molecule has 0 atom stereocenters. The maximum atomic E-state index is 12.8. The van der Waals surface area contributed by atoms with Crippen molar-refractivity contribution < 1.29 is 12.8 Å². The highest BCUT2D eigenvalue weighted by Crippen LogP contribution is 2.09. The van der Waals surface area contributed by atoms with Crippen LogP contribution in [0.1, 0.15) is 13.3 Å². The Labute approximate surface area is 95.0 Å². The summed E-state index contributed by atoms with van der Waals surface area (Å²) in [6.45, 7) is 2.17. The summed E-state index contributed by atoms with van der Waals surface area (Å²) in [6, 6.07) is 4.94. The van der Waals surface area contributed by atoms with Gasteiger partial charge in [-0.2, -0.15) is 0 Å². The zero-order valence-corrected chi connectivity index (χ0v) is 9.80. The van der Waals surface area contributed by atoms with Crippen molar-refractivity contribution in [3.63, 3.8) is 0 Å². The molecule has 0 fully saturated rings. The molecule has 0 aliphatic rings. The summed E-state index contributed by atoms with van der Waals surface area (Å²) in [7, 11) is -3.59. The average molecular weight is 243 g/mol. The van der Waals surface area contributed by atoms with E-state index in [0.717, 1.165) is 6.07 Å². The lowest BCUT2D eigenvalue weighted by Gasteiger charge is -2.05.